The van der Waals surface area contributed by atoms with E-state index in [9.17, 15) is 4.79 Å². The van der Waals surface area contributed by atoms with Gasteiger partial charge in [-0.1, -0.05) is 6.07 Å². The molecule has 0 unspecified atom stereocenters. The lowest BCUT2D eigenvalue weighted by Gasteiger charge is -2.39. The van der Waals surface area contributed by atoms with Crippen LogP contribution in [0.5, 0.6) is 11.5 Å². The third-order valence-corrected chi connectivity index (χ3v) is 5.47. The average molecular weight is 353 g/mol. The van der Waals surface area contributed by atoms with Gasteiger partial charge in [-0.2, -0.15) is 0 Å². The molecule has 6 heteroatoms. The summed E-state index contributed by atoms with van der Waals surface area (Å²) in [7, 11) is 0. The molecular formula is C18H25ClN2O3. The van der Waals surface area contributed by atoms with Crippen LogP contribution in [0.2, 0.25) is 0 Å². The fraction of sp³-hybridized carbons (Fsp3) is 0.611. The van der Waals surface area contributed by atoms with Crippen molar-refractivity contribution >= 4 is 18.3 Å². The quantitative estimate of drug-likeness (QED) is 0.884. The van der Waals surface area contributed by atoms with E-state index in [0.29, 0.717) is 25.0 Å². The second-order valence-electron chi connectivity index (χ2n) is 6.96. The Hall–Kier alpha value is -1.46. The normalized spacial score (nSPS) is 21.4. The van der Waals surface area contributed by atoms with Crippen molar-refractivity contribution < 1.29 is 14.3 Å². The zero-order valence-corrected chi connectivity index (χ0v) is 14.7. The summed E-state index contributed by atoms with van der Waals surface area (Å²) < 4.78 is 11.1. The molecule has 0 aliphatic carbocycles. The fourth-order valence-corrected chi connectivity index (χ4v) is 3.94. The maximum atomic E-state index is 12.6. The van der Waals surface area contributed by atoms with Gasteiger partial charge in [-0.3, -0.25) is 4.79 Å². The Kier molecular flexibility index (Phi) is 5.21. The van der Waals surface area contributed by atoms with E-state index in [1.807, 2.05) is 23.1 Å². The number of carbonyl (C=O) groups is 1. The topological polar surface area (TPSA) is 50.8 Å². The first-order valence-electron chi connectivity index (χ1n) is 8.61. The van der Waals surface area contributed by atoms with Crippen molar-refractivity contribution in [2.24, 2.45) is 5.41 Å². The van der Waals surface area contributed by atoms with Crippen molar-refractivity contribution in [1.29, 1.82) is 0 Å². The van der Waals surface area contributed by atoms with E-state index in [0.717, 1.165) is 56.1 Å². The van der Waals surface area contributed by atoms with Crippen LogP contribution in [-0.4, -0.2) is 50.2 Å². The molecule has 1 amide bonds. The molecule has 1 aromatic carbocycles. The monoisotopic (exact) mass is 352 g/mol. The average Bonchev–Trinajstić information content (AvgIpc) is 3.03. The third kappa shape index (κ3) is 3.47. The Labute approximate surface area is 149 Å². The van der Waals surface area contributed by atoms with Gasteiger partial charge in [0.2, 0.25) is 5.91 Å². The van der Waals surface area contributed by atoms with Gasteiger partial charge in [-0.05, 0) is 48.9 Å². The van der Waals surface area contributed by atoms with E-state index >= 15 is 0 Å². The van der Waals surface area contributed by atoms with Gasteiger partial charge in [-0.25, -0.2) is 0 Å². The molecule has 0 radical (unpaired) electrons. The number of nitrogens with zero attached hydrogens (tertiary/aromatic N) is 1. The van der Waals surface area contributed by atoms with Crippen molar-refractivity contribution in [3.05, 3.63) is 23.8 Å². The number of benzene rings is 1. The van der Waals surface area contributed by atoms with E-state index in [-0.39, 0.29) is 18.3 Å². The Morgan fingerprint density at radius 1 is 1.12 bits per heavy atom. The second kappa shape index (κ2) is 7.19. The summed E-state index contributed by atoms with van der Waals surface area (Å²) in [5.74, 6) is 1.76. The van der Waals surface area contributed by atoms with Crippen molar-refractivity contribution in [1.82, 2.24) is 10.2 Å². The highest BCUT2D eigenvalue weighted by atomic mass is 35.5. The molecule has 132 valence electrons. The van der Waals surface area contributed by atoms with Crippen molar-refractivity contribution in [3.8, 4) is 11.5 Å². The van der Waals surface area contributed by atoms with Crippen LogP contribution >= 0.6 is 12.4 Å². The summed E-state index contributed by atoms with van der Waals surface area (Å²) in [5, 5.41) is 3.47. The molecule has 3 aliphatic rings. The smallest absolute Gasteiger partial charge is 0.226 e. The van der Waals surface area contributed by atoms with Gasteiger partial charge in [0.25, 0.3) is 0 Å². The minimum absolute atomic E-state index is 0. The molecule has 0 saturated carbocycles. The number of rotatable bonds is 2. The maximum absolute atomic E-state index is 12.6. The number of hydrogen-bond donors (Lipinski definition) is 1. The number of carbonyl (C=O) groups excluding carboxylic acids is 1. The lowest BCUT2D eigenvalue weighted by Crippen LogP contribution is -2.44. The molecule has 2 saturated heterocycles. The van der Waals surface area contributed by atoms with Gasteiger partial charge in [0, 0.05) is 19.6 Å². The minimum atomic E-state index is 0. The Bertz CT molecular complexity index is 592. The lowest BCUT2D eigenvalue weighted by atomic mass is 9.78. The van der Waals surface area contributed by atoms with Gasteiger partial charge in [0.15, 0.2) is 11.5 Å². The predicted molar refractivity (Wildman–Crippen MR) is 94.1 cm³/mol. The Morgan fingerprint density at radius 2 is 1.88 bits per heavy atom. The molecule has 4 rings (SSSR count). The maximum Gasteiger partial charge on any atom is 0.226 e. The van der Waals surface area contributed by atoms with Gasteiger partial charge < -0.3 is 19.7 Å². The lowest BCUT2D eigenvalue weighted by molar-refractivity contribution is -0.132. The molecule has 3 heterocycles. The fourth-order valence-electron chi connectivity index (χ4n) is 3.94. The number of likely N-dealkylation sites (tertiary alicyclic amines) is 1. The Morgan fingerprint density at radius 3 is 2.58 bits per heavy atom. The van der Waals surface area contributed by atoms with Crippen LogP contribution in [0.3, 0.4) is 0 Å². The summed E-state index contributed by atoms with van der Waals surface area (Å²) >= 11 is 0. The zero-order valence-electron chi connectivity index (χ0n) is 13.9. The molecule has 0 atom stereocenters. The first-order valence-corrected chi connectivity index (χ1v) is 8.61. The molecular weight excluding hydrogens is 328 g/mol. The summed E-state index contributed by atoms with van der Waals surface area (Å²) in [6, 6.07) is 5.82. The molecule has 0 aromatic heterocycles. The first-order chi connectivity index (χ1) is 11.2. The van der Waals surface area contributed by atoms with Gasteiger partial charge in [0.05, 0.1) is 6.42 Å². The van der Waals surface area contributed by atoms with E-state index in [4.69, 9.17) is 9.47 Å². The van der Waals surface area contributed by atoms with Crippen LogP contribution in [0.1, 0.15) is 24.8 Å². The van der Waals surface area contributed by atoms with Crippen LogP contribution in [-0.2, 0) is 11.2 Å². The molecule has 1 spiro atoms. The van der Waals surface area contributed by atoms with Crippen LogP contribution in [0, 0.1) is 5.41 Å². The second-order valence-corrected chi connectivity index (χ2v) is 6.96. The summed E-state index contributed by atoms with van der Waals surface area (Å²) in [6.07, 6.45) is 3.97. The molecule has 5 nitrogen and oxygen atoms in total. The Balaban J connectivity index is 0.00000169. The van der Waals surface area contributed by atoms with E-state index in [1.54, 1.807) is 0 Å². The first kappa shape index (κ1) is 17.4. The van der Waals surface area contributed by atoms with E-state index in [2.05, 4.69) is 5.32 Å². The highest BCUT2D eigenvalue weighted by Gasteiger charge is 2.37. The highest BCUT2D eigenvalue weighted by molar-refractivity contribution is 5.85. The minimum Gasteiger partial charge on any atom is -0.486 e. The molecule has 1 aromatic rings. The summed E-state index contributed by atoms with van der Waals surface area (Å²) in [5.41, 5.74) is 1.45. The standard InChI is InChI=1S/C18H24N2O3.ClH/c21-17(20-7-4-18(5-8-20)3-6-19-13-18)12-14-1-2-15-16(11-14)23-10-9-22-15;/h1-2,11,19H,3-10,12-13H2;1H. The SMILES string of the molecule is Cl.O=C(Cc1ccc2c(c1)OCCO2)N1CCC2(CCNC2)CC1. The zero-order chi connectivity index (χ0) is 15.7. The molecule has 3 aliphatic heterocycles. The number of piperidine rings is 1. The number of amides is 1. The van der Waals surface area contributed by atoms with Crippen molar-refractivity contribution in [3.63, 3.8) is 0 Å². The van der Waals surface area contributed by atoms with Gasteiger partial charge >= 0.3 is 0 Å². The number of halogens is 1. The number of fused-ring (bicyclic) bond motifs is 1. The molecule has 2 fully saturated rings. The van der Waals surface area contributed by atoms with Crippen molar-refractivity contribution in [2.75, 3.05) is 39.4 Å². The predicted octanol–water partition coefficient (Wildman–Crippen LogP) is 2.02. The van der Waals surface area contributed by atoms with E-state index in [1.165, 1.54) is 6.42 Å². The summed E-state index contributed by atoms with van der Waals surface area (Å²) in [6.45, 7) is 5.21. The molecule has 0 bridgehead atoms. The number of ether oxygens (including phenoxy) is 2. The van der Waals surface area contributed by atoms with Gasteiger partial charge in [0.1, 0.15) is 13.2 Å². The van der Waals surface area contributed by atoms with E-state index < -0.39 is 0 Å². The molecule has 1 N–H and O–H groups in total. The van der Waals surface area contributed by atoms with Crippen LogP contribution in [0.15, 0.2) is 18.2 Å². The third-order valence-electron chi connectivity index (χ3n) is 5.47. The molecule has 24 heavy (non-hydrogen) atoms. The van der Waals surface area contributed by atoms with Crippen LogP contribution < -0.4 is 14.8 Å². The van der Waals surface area contributed by atoms with Crippen LogP contribution in [0.25, 0.3) is 0 Å². The van der Waals surface area contributed by atoms with Crippen molar-refractivity contribution in [2.45, 2.75) is 25.7 Å². The van der Waals surface area contributed by atoms with Crippen LogP contribution in [0.4, 0.5) is 0 Å². The number of nitrogens with one attached hydrogen (secondary N) is 1. The largest absolute Gasteiger partial charge is 0.486 e. The summed E-state index contributed by atoms with van der Waals surface area (Å²) in [4.78, 5) is 14.6. The number of hydrogen-bond acceptors (Lipinski definition) is 4. The van der Waals surface area contributed by atoms with Gasteiger partial charge in [-0.15, -0.1) is 12.4 Å². The highest BCUT2D eigenvalue weighted by Crippen LogP contribution is 2.37.